The number of hydrogen-bond donors (Lipinski definition) is 4. The summed E-state index contributed by atoms with van der Waals surface area (Å²) in [7, 11) is 0. The quantitative estimate of drug-likeness (QED) is 0.621. The Labute approximate surface area is 105 Å². The third kappa shape index (κ3) is 2.01. The van der Waals surface area contributed by atoms with Gasteiger partial charge in [-0.25, -0.2) is 4.98 Å². The van der Waals surface area contributed by atoms with Crippen LogP contribution in [0.2, 0.25) is 0 Å². The molecule has 1 fully saturated rings. The number of aromatic amines is 1. The van der Waals surface area contributed by atoms with Gasteiger partial charge in [-0.1, -0.05) is 6.42 Å². The van der Waals surface area contributed by atoms with Crippen molar-refractivity contribution in [1.29, 1.82) is 0 Å². The second-order valence-electron chi connectivity index (χ2n) is 4.99. The van der Waals surface area contributed by atoms with Gasteiger partial charge < -0.3 is 21.1 Å². The minimum absolute atomic E-state index is 0.241. The first-order valence-electron chi connectivity index (χ1n) is 6.39. The van der Waals surface area contributed by atoms with Gasteiger partial charge in [0.25, 0.3) is 0 Å². The Hall–Kier alpha value is -1.75. The average molecular weight is 246 g/mol. The lowest BCUT2D eigenvalue weighted by Gasteiger charge is -2.18. The predicted octanol–water partition coefficient (Wildman–Crippen LogP) is 1.72. The summed E-state index contributed by atoms with van der Waals surface area (Å²) in [5, 5.41) is 12.7. The van der Waals surface area contributed by atoms with Crippen LogP contribution in [0.15, 0.2) is 18.2 Å². The Morgan fingerprint density at radius 3 is 3.17 bits per heavy atom. The van der Waals surface area contributed by atoms with E-state index in [4.69, 9.17) is 5.73 Å². The van der Waals surface area contributed by atoms with Crippen molar-refractivity contribution in [2.75, 3.05) is 17.7 Å². The Morgan fingerprint density at radius 2 is 2.33 bits per heavy atom. The first-order valence-corrected chi connectivity index (χ1v) is 6.39. The van der Waals surface area contributed by atoms with Crippen molar-refractivity contribution in [3.05, 3.63) is 18.2 Å². The lowest BCUT2D eigenvalue weighted by Crippen LogP contribution is -2.26. The van der Waals surface area contributed by atoms with Crippen LogP contribution in [-0.2, 0) is 0 Å². The van der Waals surface area contributed by atoms with Crippen molar-refractivity contribution in [1.82, 2.24) is 9.97 Å². The van der Waals surface area contributed by atoms with E-state index in [1.165, 1.54) is 0 Å². The third-order valence-electron chi connectivity index (χ3n) is 3.72. The highest BCUT2D eigenvalue weighted by Crippen LogP contribution is 2.28. The van der Waals surface area contributed by atoms with Gasteiger partial charge in [-0.2, -0.15) is 0 Å². The third-order valence-corrected chi connectivity index (χ3v) is 3.72. The van der Waals surface area contributed by atoms with Gasteiger partial charge in [0.05, 0.1) is 11.0 Å². The highest BCUT2D eigenvalue weighted by molar-refractivity contribution is 5.80. The Kier molecular flexibility index (Phi) is 2.83. The molecule has 0 radical (unpaired) electrons. The van der Waals surface area contributed by atoms with Crippen molar-refractivity contribution >= 4 is 22.7 Å². The summed E-state index contributed by atoms with van der Waals surface area (Å²) in [6.07, 6.45) is 3.34. The second kappa shape index (κ2) is 4.49. The summed E-state index contributed by atoms with van der Waals surface area (Å²) < 4.78 is 0. The monoisotopic (exact) mass is 246 g/mol. The van der Waals surface area contributed by atoms with E-state index in [0.717, 1.165) is 41.9 Å². The molecule has 2 aromatic rings. The fourth-order valence-electron chi connectivity index (χ4n) is 2.72. The van der Waals surface area contributed by atoms with Gasteiger partial charge in [0.15, 0.2) is 0 Å². The molecule has 3 rings (SSSR count). The minimum Gasteiger partial charge on any atom is -0.399 e. The highest BCUT2D eigenvalue weighted by atomic mass is 16.3. The van der Waals surface area contributed by atoms with Gasteiger partial charge in [0.2, 0.25) is 5.95 Å². The van der Waals surface area contributed by atoms with E-state index in [9.17, 15) is 5.11 Å². The van der Waals surface area contributed by atoms with E-state index in [2.05, 4.69) is 15.3 Å². The van der Waals surface area contributed by atoms with Crippen LogP contribution >= 0.6 is 0 Å². The van der Waals surface area contributed by atoms with Gasteiger partial charge in [0.1, 0.15) is 0 Å². The zero-order chi connectivity index (χ0) is 12.5. The Bertz CT molecular complexity index is 551. The molecular formula is C13H18N4O. The number of aliphatic hydroxyl groups excluding tert-OH is 1. The molecule has 5 N–H and O–H groups in total. The molecule has 1 aliphatic carbocycles. The molecule has 0 spiro atoms. The van der Waals surface area contributed by atoms with Crippen molar-refractivity contribution < 1.29 is 5.11 Å². The maximum Gasteiger partial charge on any atom is 0.201 e. The smallest absolute Gasteiger partial charge is 0.201 e. The van der Waals surface area contributed by atoms with Crippen LogP contribution in [0.25, 0.3) is 11.0 Å². The largest absolute Gasteiger partial charge is 0.399 e. The molecule has 5 heteroatoms. The first kappa shape index (κ1) is 11.3. The number of aliphatic hydroxyl groups is 1. The molecule has 1 aliphatic rings. The van der Waals surface area contributed by atoms with Crippen molar-refractivity contribution in [3.8, 4) is 0 Å². The first-order chi connectivity index (χ1) is 8.76. The number of nitrogens with two attached hydrogens (primary N) is 1. The van der Waals surface area contributed by atoms with Crippen LogP contribution in [0.5, 0.6) is 0 Å². The van der Waals surface area contributed by atoms with Crippen molar-refractivity contribution in [2.24, 2.45) is 5.92 Å². The minimum atomic E-state index is 0.241. The van der Waals surface area contributed by atoms with E-state index in [1.54, 1.807) is 0 Å². The predicted molar refractivity (Wildman–Crippen MR) is 72.3 cm³/mol. The number of anilines is 2. The van der Waals surface area contributed by atoms with E-state index in [-0.39, 0.29) is 6.61 Å². The molecule has 0 saturated heterocycles. The number of hydrogen-bond acceptors (Lipinski definition) is 4. The maximum absolute atomic E-state index is 9.30. The van der Waals surface area contributed by atoms with Gasteiger partial charge >= 0.3 is 0 Å². The summed E-state index contributed by atoms with van der Waals surface area (Å²) in [6.45, 7) is 0.241. The molecule has 1 saturated carbocycles. The summed E-state index contributed by atoms with van der Waals surface area (Å²) in [6, 6.07) is 5.95. The SMILES string of the molecule is Nc1ccc2nc(NC3CCCC3CO)[nH]c2c1. The number of rotatable bonds is 3. The molecule has 2 atom stereocenters. The molecule has 0 bridgehead atoms. The fourth-order valence-corrected chi connectivity index (χ4v) is 2.72. The number of benzene rings is 1. The number of nitrogen functional groups attached to an aromatic ring is 1. The number of aromatic nitrogens is 2. The van der Waals surface area contributed by atoms with Crippen LogP contribution < -0.4 is 11.1 Å². The number of H-pyrrole nitrogens is 1. The van der Waals surface area contributed by atoms with Crippen molar-refractivity contribution in [3.63, 3.8) is 0 Å². The molecule has 1 heterocycles. The van der Waals surface area contributed by atoms with Crippen LogP contribution in [0.1, 0.15) is 19.3 Å². The molecule has 0 aliphatic heterocycles. The zero-order valence-corrected chi connectivity index (χ0v) is 10.2. The molecule has 1 aromatic carbocycles. The summed E-state index contributed by atoms with van der Waals surface area (Å²) in [4.78, 5) is 7.71. The molecule has 5 nitrogen and oxygen atoms in total. The second-order valence-corrected chi connectivity index (χ2v) is 4.99. The number of fused-ring (bicyclic) bond motifs is 1. The maximum atomic E-state index is 9.30. The fraction of sp³-hybridized carbons (Fsp3) is 0.462. The summed E-state index contributed by atoms with van der Waals surface area (Å²) in [5.41, 5.74) is 8.32. The normalized spacial score (nSPS) is 23.6. The Balaban J connectivity index is 1.82. The van der Waals surface area contributed by atoms with E-state index in [0.29, 0.717) is 12.0 Å². The van der Waals surface area contributed by atoms with Gasteiger partial charge in [0, 0.05) is 24.3 Å². The molecule has 1 aromatic heterocycles. The zero-order valence-electron chi connectivity index (χ0n) is 10.2. The van der Waals surface area contributed by atoms with Crippen LogP contribution in [0.3, 0.4) is 0 Å². The number of nitrogens with zero attached hydrogens (tertiary/aromatic N) is 1. The van der Waals surface area contributed by atoms with Crippen molar-refractivity contribution in [2.45, 2.75) is 25.3 Å². The number of nitrogens with one attached hydrogen (secondary N) is 2. The van der Waals surface area contributed by atoms with Gasteiger partial charge in [-0.15, -0.1) is 0 Å². The molecule has 2 unspecified atom stereocenters. The number of imidazole rings is 1. The van der Waals surface area contributed by atoms with Crippen LogP contribution in [0.4, 0.5) is 11.6 Å². The topological polar surface area (TPSA) is 87.0 Å². The van der Waals surface area contributed by atoms with Crippen LogP contribution in [-0.4, -0.2) is 27.7 Å². The Morgan fingerprint density at radius 1 is 1.44 bits per heavy atom. The highest BCUT2D eigenvalue weighted by Gasteiger charge is 2.27. The van der Waals surface area contributed by atoms with E-state index < -0.39 is 0 Å². The molecular weight excluding hydrogens is 228 g/mol. The standard InChI is InChI=1S/C13H18N4O/c14-9-4-5-11-12(6-9)17-13(16-11)15-10-3-1-2-8(10)7-18/h4-6,8,10,18H,1-3,7,14H2,(H2,15,16,17). The summed E-state index contributed by atoms with van der Waals surface area (Å²) >= 11 is 0. The lowest BCUT2D eigenvalue weighted by atomic mass is 10.1. The van der Waals surface area contributed by atoms with E-state index >= 15 is 0 Å². The average Bonchev–Trinajstić information content (AvgIpc) is 2.94. The molecule has 18 heavy (non-hydrogen) atoms. The summed E-state index contributed by atoms with van der Waals surface area (Å²) in [5.74, 6) is 1.10. The lowest BCUT2D eigenvalue weighted by molar-refractivity contribution is 0.222. The van der Waals surface area contributed by atoms with Gasteiger partial charge in [-0.3, -0.25) is 0 Å². The van der Waals surface area contributed by atoms with Crippen LogP contribution in [0, 0.1) is 5.92 Å². The van der Waals surface area contributed by atoms with Gasteiger partial charge in [-0.05, 0) is 31.0 Å². The molecule has 96 valence electrons. The van der Waals surface area contributed by atoms with E-state index in [1.807, 2.05) is 18.2 Å². The molecule has 0 amide bonds.